The molecule has 13 heteroatoms. The van der Waals surface area contributed by atoms with Gasteiger partial charge in [-0.25, -0.2) is 0 Å². The number of carbonyl (C=O) groups excluding carboxylic acids is 2. The maximum Gasteiger partial charge on any atom is 0.306 e. The standard InChI is InChI=1S/C47H82O12S/c1-3-5-7-9-11-13-15-17-19-20-22-24-26-28-30-32-34-36-43(49)58-40(38-57-47-46(52)45(51)44(50)41(59-47)39-60(53,54)55)37-56-42(48)35-33-31-29-27-25-23-21-18-16-14-12-10-8-6-4-2/h12,14,18,21-22,24,28,30,40-41,44-47,50-52H,3-11,13,15-17,19-20,23,25-27,29,31-39H2,1-2H3,(H,53,54,55)/b14-12+,21-18+,24-22+,30-28+/t40-,41-,44-,45?,46?,47+/m1/s1. The van der Waals surface area contributed by atoms with E-state index < -0.39 is 71.2 Å². The van der Waals surface area contributed by atoms with Crippen LogP contribution in [0.3, 0.4) is 0 Å². The Bertz CT molecular complexity index is 1300. The van der Waals surface area contributed by atoms with Crippen molar-refractivity contribution in [2.45, 2.75) is 218 Å². The van der Waals surface area contributed by atoms with E-state index in [1.54, 1.807) is 0 Å². The molecular weight excluding hydrogens is 789 g/mol. The molecular formula is C47H82O12S. The molecule has 0 amide bonds. The number of unbranched alkanes of at least 4 members (excludes halogenated alkanes) is 18. The summed E-state index contributed by atoms with van der Waals surface area (Å²) in [5.41, 5.74) is 0. The molecule has 0 saturated carbocycles. The summed E-state index contributed by atoms with van der Waals surface area (Å²) < 4.78 is 54.0. The third-order valence-corrected chi connectivity index (χ3v) is 11.1. The number of allylic oxidation sites excluding steroid dienone is 8. The van der Waals surface area contributed by atoms with Crippen molar-refractivity contribution in [3.63, 3.8) is 0 Å². The molecule has 0 aromatic heterocycles. The lowest BCUT2D eigenvalue weighted by molar-refractivity contribution is -0.297. The van der Waals surface area contributed by atoms with Gasteiger partial charge >= 0.3 is 11.9 Å². The van der Waals surface area contributed by atoms with Gasteiger partial charge in [-0.3, -0.25) is 14.1 Å². The van der Waals surface area contributed by atoms with Crippen LogP contribution in [0.1, 0.15) is 181 Å². The Morgan fingerprint density at radius 2 is 1.02 bits per heavy atom. The van der Waals surface area contributed by atoms with Crippen molar-refractivity contribution in [3.8, 4) is 0 Å². The summed E-state index contributed by atoms with van der Waals surface area (Å²) >= 11 is 0. The predicted molar refractivity (Wildman–Crippen MR) is 238 cm³/mol. The number of carbonyl (C=O) groups is 2. The fourth-order valence-corrected chi connectivity index (χ4v) is 7.44. The monoisotopic (exact) mass is 871 g/mol. The molecule has 2 unspecified atom stereocenters. The number of rotatable bonds is 38. The number of hydrogen-bond acceptors (Lipinski definition) is 11. The molecule has 1 aliphatic heterocycles. The summed E-state index contributed by atoms with van der Waals surface area (Å²) in [6, 6.07) is 0. The molecule has 1 saturated heterocycles. The van der Waals surface area contributed by atoms with E-state index in [1.165, 1.54) is 77.0 Å². The number of esters is 2. The molecule has 12 nitrogen and oxygen atoms in total. The summed E-state index contributed by atoms with van der Waals surface area (Å²) in [5, 5.41) is 30.9. The lowest BCUT2D eigenvalue weighted by atomic mass is 10.00. The number of aliphatic hydroxyl groups excluding tert-OH is 3. The van der Waals surface area contributed by atoms with Crippen LogP contribution in [0, 0.1) is 0 Å². The van der Waals surface area contributed by atoms with Crippen LogP contribution in [-0.4, -0.2) is 96.0 Å². The third kappa shape index (κ3) is 31.5. The van der Waals surface area contributed by atoms with Crippen LogP contribution in [0.15, 0.2) is 48.6 Å². The van der Waals surface area contributed by atoms with Gasteiger partial charge in [0, 0.05) is 12.8 Å². The molecule has 0 spiro atoms. The molecule has 0 bridgehead atoms. The van der Waals surface area contributed by atoms with Crippen LogP contribution in [0.2, 0.25) is 0 Å². The van der Waals surface area contributed by atoms with Gasteiger partial charge in [0.25, 0.3) is 10.1 Å². The Morgan fingerprint density at radius 3 is 1.55 bits per heavy atom. The van der Waals surface area contributed by atoms with Crippen LogP contribution in [0.25, 0.3) is 0 Å². The van der Waals surface area contributed by atoms with E-state index in [2.05, 4.69) is 56.4 Å². The zero-order valence-corrected chi connectivity index (χ0v) is 37.9. The second-order valence-corrected chi connectivity index (χ2v) is 17.6. The molecule has 1 heterocycles. The van der Waals surface area contributed by atoms with Crippen LogP contribution < -0.4 is 0 Å². The minimum atomic E-state index is -4.61. The predicted octanol–water partition coefficient (Wildman–Crippen LogP) is 9.56. The smallest absolute Gasteiger partial charge is 0.306 e. The number of aliphatic hydroxyl groups is 3. The Morgan fingerprint density at radius 1 is 0.567 bits per heavy atom. The fourth-order valence-electron chi connectivity index (χ4n) is 6.75. The van der Waals surface area contributed by atoms with Crippen molar-refractivity contribution in [2.75, 3.05) is 19.0 Å². The molecule has 0 aliphatic carbocycles. The summed E-state index contributed by atoms with van der Waals surface area (Å²) in [6.45, 7) is 3.68. The molecule has 1 fully saturated rings. The minimum Gasteiger partial charge on any atom is -0.462 e. The van der Waals surface area contributed by atoms with Crippen molar-refractivity contribution < 1.29 is 56.8 Å². The molecule has 0 aromatic carbocycles. The summed E-state index contributed by atoms with van der Waals surface area (Å²) in [6.07, 6.45) is 34.5. The van der Waals surface area contributed by atoms with Gasteiger partial charge in [-0.1, -0.05) is 146 Å². The van der Waals surface area contributed by atoms with Crippen molar-refractivity contribution >= 4 is 22.1 Å². The van der Waals surface area contributed by atoms with Gasteiger partial charge < -0.3 is 34.3 Å². The molecule has 348 valence electrons. The highest BCUT2D eigenvalue weighted by molar-refractivity contribution is 7.85. The zero-order chi connectivity index (χ0) is 44.1. The largest absolute Gasteiger partial charge is 0.462 e. The van der Waals surface area contributed by atoms with Crippen molar-refractivity contribution in [2.24, 2.45) is 0 Å². The van der Waals surface area contributed by atoms with Crippen LogP contribution >= 0.6 is 0 Å². The van der Waals surface area contributed by atoms with E-state index in [9.17, 15) is 37.9 Å². The molecule has 0 radical (unpaired) electrons. The summed E-state index contributed by atoms with van der Waals surface area (Å²) in [5.74, 6) is -2.06. The van der Waals surface area contributed by atoms with E-state index in [0.717, 1.165) is 57.8 Å². The quantitative estimate of drug-likeness (QED) is 0.0200. The van der Waals surface area contributed by atoms with Gasteiger partial charge in [0.2, 0.25) is 0 Å². The van der Waals surface area contributed by atoms with Crippen molar-refractivity contribution in [3.05, 3.63) is 48.6 Å². The van der Waals surface area contributed by atoms with Gasteiger partial charge in [0.1, 0.15) is 36.8 Å². The Balaban J connectivity index is 2.48. The average molecular weight is 871 g/mol. The zero-order valence-electron chi connectivity index (χ0n) is 37.1. The first-order chi connectivity index (χ1) is 29.0. The Hall–Kier alpha value is -2.39. The van der Waals surface area contributed by atoms with E-state index in [0.29, 0.717) is 19.3 Å². The first-order valence-electron chi connectivity index (χ1n) is 23.2. The Labute approximate surface area is 363 Å². The third-order valence-electron chi connectivity index (χ3n) is 10.4. The lowest BCUT2D eigenvalue weighted by Gasteiger charge is -2.40. The SMILES string of the molecule is CCCCC/C=C/C/C=C/CCCCCCCC(=O)OC[C@H](CO[C@H]1O[C@H](CS(=O)(=O)O)[C@@H](O)C(O)C1O)OC(=O)CCC/C=C/C/C=C/CCCCCCCCCCC. The normalized spacial score (nSPS) is 20.5. The van der Waals surface area contributed by atoms with Crippen LogP contribution in [-0.2, 0) is 38.7 Å². The van der Waals surface area contributed by atoms with E-state index in [4.69, 9.17) is 18.9 Å². The maximum absolute atomic E-state index is 12.8. The molecule has 1 rings (SSSR count). The van der Waals surface area contributed by atoms with Gasteiger partial charge in [0.15, 0.2) is 12.4 Å². The first-order valence-corrected chi connectivity index (χ1v) is 24.8. The molecule has 4 N–H and O–H groups in total. The van der Waals surface area contributed by atoms with E-state index >= 15 is 0 Å². The minimum absolute atomic E-state index is 0.0963. The Kier molecular flexibility index (Phi) is 34.5. The summed E-state index contributed by atoms with van der Waals surface area (Å²) in [4.78, 5) is 25.4. The highest BCUT2D eigenvalue weighted by Gasteiger charge is 2.46. The van der Waals surface area contributed by atoms with Gasteiger partial charge in [-0.15, -0.1) is 0 Å². The van der Waals surface area contributed by atoms with E-state index in [1.807, 2.05) is 6.08 Å². The molecule has 6 atom stereocenters. The van der Waals surface area contributed by atoms with E-state index in [-0.39, 0.29) is 19.4 Å². The van der Waals surface area contributed by atoms with Gasteiger partial charge in [0.05, 0.1) is 6.61 Å². The molecule has 0 aromatic rings. The number of ether oxygens (including phenoxy) is 4. The fraction of sp³-hybridized carbons (Fsp3) is 0.787. The molecule has 1 aliphatic rings. The second kappa shape index (κ2) is 37.2. The second-order valence-electron chi connectivity index (χ2n) is 16.1. The maximum atomic E-state index is 12.8. The van der Waals surface area contributed by atoms with Crippen LogP contribution in [0.4, 0.5) is 0 Å². The lowest BCUT2D eigenvalue weighted by Crippen LogP contribution is -2.60. The van der Waals surface area contributed by atoms with Gasteiger partial charge in [-0.05, 0) is 70.6 Å². The number of hydrogen-bond donors (Lipinski definition) is 4. The molecule has 60 heavy (non-hydrogen) atoms. The van der Waals surface area contributed by atoms with Crippen molar-refractivity contribution in [1.29, 1.82) is 0 Å². The van der Waals surface area contributed by atoms with Gasteiger partial charge in [-0.2, -0.15) is 8.42 Å². The summed E-state index contributed by atoms with van der Waals surface area (Å²) in [7, 11) is -4.61. The highest BCUT2D eigenvalue weighted by Crippen LogP contribution is 2.24. The van der Waals surface area contributed by atoms with Crippen molar-refractivity contribution in [1.82, 2.24) is 0 Å². The highest BCUT2D eigenvalue weighted by atomic mass is 32.2. The first kappa shape index (κ1) is 55.6. The van der Waals surface area contributed by atoms with Crippen LogP contribution in [0.5, 0.6) is 0 Å². The topological polar surface area (TPSA) is 186 Å². The average Bonchev–Trinajstić information content (AvgIpc) is 3.21.